The van der Waals surface area contributed by atoms with Crippen LogP contribution in [0.4, 0.5) is 13.2 Å². The molecular weight excluding hydrogens is 293 g/mol. The first kappa shape index (κ1) is 16.9. The molecule has 0 fully saturated rings. The van der Waals surface area contributed by atoms with Crippen molar-refractivity contribution in [2.75, 3.05) is 0 Å². The van der Waals surface area contributed by atoms with Crippen LogP contribution >= 0.6 is 11.3 Å². The van der Waals surface area contributed by atoms with Crippen LogP contribution in [0.5, 0.6) is 0 Å². The molecule has 1 aromatic heterocycles. The molecule has 20 heavy (non-hydrogen) atoms. The van der Waals surface area contributed by atoms with Gasteiger partial charge in [-0.2, -0.15) is 13.2 Å². The minimum Gasteiger partial charge on any atom is -0.480 e. The van der Waals surface area contributed by atoms with Gasteiger partial charge in [0, 0.05) is 17.3 Å². The number of aromatic nitrogens is 1. The Bertz CT molecular complexity index is 494. The molecule has 2 N–H and O–H groups in total. The highest BCUT2D eigenvalue weighted by Gasteiger charge is 2.57. The Labute approximate surface area is 119 Å². The maximum absolute atomic E-state index is 12.8. The fourth-order valence-corrected chi connectivity index (χ4v) is 2.25. The summed E-state index contributed by atoms with van der Waals surface area (Å²) in [5, 5.41) is 13.0. The topological polar surface area (TPSA) is 62.2 Å². The molecule has 1 aromatic rings. The van der Waals surface area contributed by atoms with Crippen molar-refractivity contribution in [3.05, 3.63) is 16.1 Å². The molecule has 8 heteroatoms. The summed E-state index contributed by atoms with van der Waals surface area (Å²) in [4.78, 5) is 15.1. The molecule has 4 nitrogen and oxygen atoms in total. The maximum Gasteiger partial charge on any atom is 0.417 e. The van der Waals surface area contributed by atoms with Crippen LogP contribution < -0.4 is 5.32 Å². The van der Waals surface area contributed by atoms with Crippen LogP contribution in [0.3, 0.4) is 0 Å². The Morgan fingerprint density at radius 3 is 2.25 bits per heavy atom. The normalized spacial score (nSPS) is 15.9. The molecule has 0 spiro atoms. The van der Waals surface area contributed by atoms with Crippen LogP contribution in [0, 0.1) is 0 Å². The van der Waals surface area contributed by atoms with E-state index in [1.807, 2.05) is 26.1 Å². The van der Waals surface area contributed by atoms with Crippen molar-refractivity contribution < 1.29 is 23.1 Å². The fourth-order valence-electron chi connectivity index (χ4n) is 1.29. The fraction of sp³-hybridized carbons (Fsp3) is 0.667. The summed E-state index contributed by atoms with van der Waals surface area (Å²) in [5.74, 6) is -1.96. The Kier molecular flexibility index (Phi) is 4.50. The molecule has 0 bridgehead atoms. The molecule has 0 amide bonds. The van der Waals surface area contributed by atoms with Gasteiger partial charge < -0.3 is 5.11 Å². The van der Waals surface area contributed by atoms with Crippen molar-refractivity contribution in [1.29, 1.82) is 0 Å². The molecule has 114 valence electrons. The van der Waals surface area contributed by atoms with Crippen molar-refractivity contribution >= 4 is 17.3 Å². The first-order chi connectivity index (χ1) is 8.88. The lowest BCUT2D eigenvalue weighted by atomic mass is 9.93. The number of carbonyl (C=O) groups is 1. The number of halogens is 3. The van der Waals surface area contributed by atoms with Gasteiger partial charge in [-0.25, -0.2) is 9.78 Å². The molecule has 0 aliphatic heterocycles. The quantitative estimate of drug-likeness (QED) is 0.897. The average Bonchev–Trinajstić information content (AvgIpc) is 2.71. The van der Waals surface area contributed by atoms with Gasteiger partial charge in [-0.1, -0.05) is 20.8 Å². The van der Waals surface area contributed by atoms with Gasteiger partial charge in [0.15, 0.2) is 0 Å². The monoisotopic (exact) mass is 310 g/mol. The van der Waals surface area contributed by atoms with Crippen molar-refractivity contribution in [2.45, 2.75) is 51.4 Å². The van der Waals surface area contributed by atoms with E-state index >= 15 is 0 Å². The average molecular weight is 310 g/mol. The first-order valence-electron chi connectivity index (χ1n) is 5.88. The highest BCUT2D eigenvalue weighted by molar-refractivity contribution is 7.09. The van der Waals surface area contributed by atoms with Crippen LogP contribution in [0.1, 0.15) is 38.4 Å². The summed E-state index contributed by atoms with van der Waals surface area (Å²) in [6.45, 7) is 6.18. The largest absolute Gasteiger partial charge is 0.480 e. The number of nitrogens with one attached hydrogen (secondary N) is 1. The third kappa shape index (κ3) is 3.49. The van der Waals surface area contributed by atoms with Gasteiger partial charge in [-0.15, -0.1) is 11.3 Å². The first-order valence-corrected chi connectivity index (χ1v) is 6.76. The lowest BCUT2D eigenvalue weighted by Crippen LogP contribution is -2.59. The number of alkyl halides is 3. The number of hydrogen-bond donors (Lipinski definition) is 2. The van der Waals surface area contributed by atoms with Crippen molar-refractivity contribution in [3.63, 3.8) is 0 Å². The number of hydrogen-bond acceptors (Lipinski definition) is 4. The summed E-state index contributed by atoms with van der Waals surface area (Å²) < 4.78 is 38.4. The summed E-state index contributed by atoms with van der Waals surface area (Å²) in [5.41, 5.74) is -2.42. The Morgan fingerprint density at radius 1 is 1.35 bits per heavy atom. The van der Waals surface area contributed by atoms with Gasteiger partial charge in [-0.05, 0) is 6.92 Å². The molecule has 0 aromatic carbocycles. The second-order valence-corrected chi connectivity index (χ2v) is 6.60. The second-order valence-electron chi connectivity index (χ2n) is 5.66. The minimum atomic E-state index is -4.89. The Balaban J connectivity index is 2.85. The number of thiazole rings is 1. The van der Waals surface area contributed by atoms with Crippen LogP contribution in [0.15, 0.2) is 5.38 Å². The smallest absolute Gasteiger partial charge is 0.417 e. The highest BCUT2D eigenvalue weighted by atomic mass is 32.1. The molecule has 0 radical (unpaired) electrons. The number of rotatable bonds is 4. The van der Waals surface area contributed by atoms with Gasteiger partial charge in [0.2, 0.25) is 5.54 Å². The van der Waals surface area contributed by atoms with Crippen LogP contribution in [0.2, 0.25) is 0 Å². The van der Waals surface area contributed by atoms with Crippen LogP contribution in [0.25, 0.3) is 0 Å². The Hall–Kier alpha value is -1.15. The summed E-state index contributed by atoms with van der Waals surface area (Å²) in [7, 11) is 0. The molecule has 0 saturated carbocycles. The Morgan fingerprint density at radius 2 is 1.90 bits per heavy atom. The molecule has 1 atom stereocenters. The summed E-state index contributed by atoms with van der Waals surface area (Å²) >= 11 is 1.21. The molecule has 1 heterocycles. The summed E-state index contributed by atoms with van der Waals surface area (Å²) in [6.07, 6.45) is -4.89. The number of nitrogens with zero attached hydrogens (tertiary/aromatic N) is 1. The molecule has 0 aliphatic rings. The van der Waals surface area contributed by atoms with E-state index < -0.39 is 17.7 Å². The third-order valence-electron chi connectivity index (χ3n) is 2.91. The zero-order valence-corrected chi connectivity index (χ0v) is 12.4. The number of carboxylic acids is 1. The van der Waals surface area contributed by atoms with E-state index in [4.69, 9.17) is 5.11 Å². The van der Waals surface area contributed by atoms with Gasteiger partial charge in [-0.3, -0.25) is 5.32 Å². The van der Waals surface area contributed by atoms with Crippen LogP contribution in [-0.2, 0) is 16.8 Å². The van der Waals surface area contributed by atoms with E-state index in [1.54, 1.807) is 5.38 Å². The zero-order chi connectivity index (χ0) is 15.8. The number of carboxylic acid groups (broad SMARTS) is 1. The van der Waals surface area contributed by atoms with Crippen LogP contribution in [-0.4, -0.2) is 27.8 Å². The van der Waals surface area contributed by atoms with Crippen molar-refractivity contribution in [1.82, 2.24) is 10.3 Å². The van der Waals surface area contributed by atoms with Gasteiger partial charge in [0.05, 0.1) is 5.69 Å². The van der Waals surface area contributed by atoms with Crippen molar-refractivity contribution in [2.24, 2.45) is 0 Å². The van der Waals surface area contributed by atoms with Crippen molar-refractivity contribution in [3.8, 4) is 0 Å². The third-order valence-corrected chi connectivity index (χ3v) is 3.76. The predicted molar refractivity (Wildman–Crippen MR) is 69.7 cm³/mol. The summed E-state index contributed by atoms with van der Waals surface area (Å²) in [6, 6.07) is 0. The maximum atomic E-state index is 12.8. The molecule has 1 rings (SSSR count). The SMILES string of the molecule is CC(C)(C)c1csc(CNC(C)(C(=O)O)C(F)(F)F)n1. The second kappa shape index (κ2) is 5.33. The van der Waals surface area contributed by atoms with E-state index in [0.29, 0.717) is 11.9 Å². The van der Waals surface area contributed by atoms with Gasteiger partial charge in [0.25, 0.3) is 0 Å². The molecular formula is C12H17F3N2O2S. The lowest BCUT2D eigenvalue weighted by molar-refractivity contribution is -0.206. The zero-order valence-electron chi connectivity index (χ0n) is 11.6. The standard InChI is InChI=1S/C12H17F3N2O2S/c1-10(2,3)7-6-20-8(17-7)5-16-11(4,9(18)19)12(13,14)15/h6,16H,5H2,1-4H3,(H,18,19). The predicted octanol–water partition coefficient (Wildman–Crippen LogP) is 2.94. The van der Waals surface area contributed by atoms with E-state index in [1.165, 1.54) is 11.3 Å². The highest BCUT2D eigenvalue weighted by Crippen LogP contribution is 2.31. The molecule has 0 aliphatic carbocycles. The van der Waals surface area contributed by atoms with Gasteiger partial charge in [0.1, 0.15) is 5.01 Å². The van der Waals surface area contributed by atoms with E-state index in [-0.39, 0.29) is 12.0 Å². The van der Waals surface area contributed by atoms with E-state index in [9.17, 15) is 18.0 Å². The lowest BCUT2D eigenvalue weighted by Gasteiger charge is -2.28. The van der Waals surface area contributed by atoms with E-state index in [2.05, 4.69) is 4.98 Å². The van der Waals surface area contributed by atoms with E-state index in [0.717, 1.165) is 5.69 Å². The molecule has 0 saturated heterocycles. The number of aliphatic carboxylic acids is 1. The minimum absolute atomic E-state index is 0.200. The molecule has 1 unspecified atom stereocenters. The van der Waals surface area contributed by atoms with Gasteiger partial charge >= 0.3 is 12.1 Å².